The van der Waals surface area contributed by atoms with Crippen LogP contribution in [0.2, 0.25) is 0 Å². The number of likely N-dealkylation sites (tertiary alicyclic amines) is 1. The molecule has 3 aliphatic rings. The first-order valence-electron chi connectivity index (χ1n) is 10.4. The topological polar surface area (TPSA) is 46.1 Å². The van der Waals surface area contributed by atoms with Gasteiger partial charge in [0.05, 0.1) is 6.61 Å². The van der Waals surface area contributed by atoms with Gasteiger partial charge >= 0.3 is 0 Å². The van der Waals surface area contributed by atoms with Crippen LogP contribution in [0.15, 0.2) is 4.99 Å². The maximum Gasteiger partial charge on any atom is 0.193 e. The summed E-state index contributed by atoms with van der Waals surface area (Å²) in [5.41, 5.74) is 0.750. The molecule has 0 amide bonds. The van der Waals surface area contributed by atoms with Crippen LogP contribution in [0.1, 0.15) is 58.8 Å². The lowest BCUT2D eigenvalue weighted by Gasteiger charge is -2.29. The van der Waals surface area contributed by atoms with Gasteiger partial charge in [-0.2, -0.15) is 0 Å². The Morgan fingerprint density at radius 2 is 2.04 bits per heavy atom. The van der Waals surface area contributed by atoms with Crippen LogP contribution in [0.4, 0.5) is 0 Å². The van der Waals surface area contributed by atoms with E-state index in [0.29, 0.717) is 10.8 Å². The van der Waals surface area contributed by atoms with E-state index in [9.17, 15) is 0 Å². The number of nitrogens with zero attached hydrogens (tertiary/aromatic N) is 2. The van der Waals surface area contributed by atoms with E-state index < -0.39 is 0 Å². The lowest BCUT2D eigenvalue weighted by molar-refractivity contribution is 0.107. The monoisotopic (exact) mass is 351 g/mol. The summed E-state index contributed by atoms with van der Waals surface area (Å²) in [6, 6.07) is 0. The van der Waals surface area contributed by atoms with Crippen LogP contribution in [-0.2, 0) is 9.47 Å². The van der Waals surface area contributed by atoms with E-state index in [0.717, 1.165) is 65.0 Å². The van der Waals surface area contributed by atoms with E-state index in [1.807, 2.05) is 0 Å². The van der Waals surface area contributed by atoms with Crippen molar-refractivity contribution in [1.29, 1.82) is 0 Å². The zero-order chi connectivity index (χ0) is 17.6. The smallest absolute Gasteiger partial charge is 0.193 e. The molecule has 1 saturated carbocycles. The molecule has 1 spiro atoms. The standard InChI is InChI=1S/C20H37N3O2/c1-3-21-18(23-12-9-20(16-23)11-14-25-17-20)22-15-19(7-5-6-8-19)10-13-24-4-2/h3-17H2,1-2H3,(H,21,22). The molecule has 3 fully saturated rings. The maximum atomic E-state index is 5.68. The molecule has 5 heteroatoms. The van der Waals surface area contributed by atoms with E-state index >= 15 is 0 Å². The van der Waals surface area contributed by atoms with E-state index in [1.54, 1.807) is 0 Å². The number of ether oxygens (including phenoxy) is 2. The van der Waals surface area contributed by atoms with Crippen LogP contribution in [0.5, 0.6) is 0 Å². The lowest BCUT2D eigenvalue weighted by atomic mass is 9.83. The SMILES string of the molecule is CCNC(=NCC1(CCOCC)CCCC1)N1CCC2(CCOC2)C1. The van der Waals surface area contributed by atoms with Crippen LogP contribution in [-0.4, -0.2) is 63.5 Å². The van der Waals surface area contributed by atoms with E-state index in [2.05, 4.69) is 24.1 Å². The molecule has 0 aromatic rings. The van der Waals surface area contributed by atoms with Crippen molar-refractivity contribution in [3.63, 3.8) is 0 Å². The number of nitrogens with one attached hydrogen (secondary N) is 1. The number of rotatable bonds is 7. The summed E-state index contributed by atoms with van der Waals surface area (Å²) in [6.45, 7) is 11.9. The summed E-state index contributed by atoms with van der Waals surface area (Å²) in [5, 5.41) is 3.54. The van der Waals surface area contributed by atoms with E-state index in [4.69, 9.17) is 14.5 Å². The average Bonchev–Trinajstić information content (AvgIpc) is 3.35. The zero-order valence-electron chi connectivity index (χ0n) is 16.3. The summed E-state index contributed by atoms with van der Waals surface area (Å²) >= 11 is 0. The normalized spacial score (nSPS) is 29.0. The van der Waals surface area contributed by atoms with Crippen LogP contribution < -0.4 is 5.32 Å². The van der Waals surface area contributed by atoms with Crippen molar-refractivity contribution in [1.82, 2.24) is 10.2 Å². The molecule has 144 valence electrons. The Morgan fingerprint density at radius 1 is 1.20 bits per heavy atom. The zero-order valence-corrected chi connectivity index (χ0v) is 16.3. The highest BCUT2D eigenvalue weighted by Crippen LogP contribution is 2.42. The minimum Gasteiger partial charge on any atom is -0.382 e. The largest absolute Gasteiger partial charge is 0.382 e. The number of hydrogen-bond donors (Lipinski definition) is 1. The molecule has 0 aromatic carbocycles. The van der Waals surface area contributed by atoms with Gasteiger partial charge < -0.3 is 19.7 Å². The molecular weight excluding hydrogens is 314 g/mol. The molecule has 2 heterocycles. The van der Waals surface area contributed by atoms with Crippen LogP contribution >= 0.6 is 0 Å². The van der Waals surface area contributed by atoms with Gasteiger partial charge in [0.25, 0.3) is 0 Å². The fourth-order valence-corrected chi connectivity index (χ4v) is 4.80. The van der Waals surface area contributed by atoms with Crippen molar-refractivity contribution in [3.05, 3.63) is 0 Å². The van der Waals surface area contributed by atoms with Crippen LogP contribution in [0, 0.1) is 10.8 Å². The molecule has 2 aliphatic heterocycles. The van der Waals surface area contributed by atoms with E-state index in [1.165, 1.54) is 38.5 Å². The second-order valence-corrected chi connectivity index (χ2v) is 8.30. The first kappa shape index (κ1) is 19.0. The van der Waals surface area contributed by atoms with Gasteiger partial charge in [-0.3, -0.25) is 4.99 Å². The van der Waals surface area contributed by atoms with Gasteiger partial charge in [0.1, 0.15) is 0 Å². The second kappa shape index (κ2) is 8.72. The summed E-state index contributed by atoms with van der Waals surface area (Å²) in [4.78, 5) is 7.59. The Hall–Kier alpha value is -0.810. The Kier molecular flexibility index (Phi) is 6.61. The molecule has 1 unspecified atom stereocenters. The summed E-state index contributed by atoms with van der Waals surface area (Å²) in [5.74, 6) is 1.12. The third kappa shape index (κ3) is 4.68. The van der Waals surface area contributed by atoms with Crippen molar-refractivity contribution in [2.24, 2.45) is 15.8 Å². The molecule has 0 bridgehead atoms. The summed E-state index contributed by atoms with van der Waals surface area (Å²) < 4.78 is 11.3. The predicted molar refractivity (Wildman–Crippen MR) is 102 cm³/mol. The lowest BCUT2D eigenvalue weighted by Crippen LogP contribution is -2.42. The van der Waals surface area contributed by atoms with Gasteiger partial charge in [-0.05, 0) is 51.4 Å². The molecule has 2 saturated heterocycles. The highest BCUT2D eigenvalue weighted by atomic mass is 16.5. The van der Waals surface area contributed by atoms with Gasteiger partial charge in [-0.15, -0.1) is 0 Å². The first-order chi connectivity index (χ1) is 12.2. The fourth-order valence-electron chi connectivity index (χ4n) is 4.80. The molecule has 1 aliphatic carbocycles. The molecule has 0 radical (unpaired) electrons. The predicted octanol–water partition coefficient (Wildman–Crippen LogP) is 3.05. The van der Waals surface area contributed by atoms with Crippen molar-refractivity contribution in [2.75, 3.05) is 52.6 Å². The van der Waals surface area contributed by atoms with Gasteiger partial charge in [0.15, 0.2) is 5.96 Å². The molecular formula is C20H37N3O2. The fraction of sp³-hybridized carbons (Fsp3) is 0.950. The highest BCUT2D eigenvalue weighted by molar-refractivity contribution is 5.80. The van der Waals surface area contributed by atoms with Crippen LogP contribution in [0.3, 0.4) is 0 Å². The third-order valence-electron chi connectivity index (χ3n) is 6.47. The molecule has 1 N–H and O–H groups in total. The Balaban J connectivity index is 1.62. The number of hydrogen-bond acceptors (Lipinski definition) is 3. The molecule has 25 heavy (non-hydrogen) atoms. The third-order valence-corrected chi connectivity index (χ3v) is 6.47. The van der Waals surface area contributed by atoms with Crippen molar-refractivity contribution in [2.45, 2.75) is 58.8 Å². The molecule has 3 rings (SSSR count). The number of aliphatic imine (C=N–C) groups is 1. The van der Waals surface area contributed by atoms with Gasteiger partial charge in [0.2, 0.25) is 0 Å². The van der Waals surface area contributed by atoms with Gasteiger partial charge in [0, 0.05) is 51.4 Å². The molecule has 0 aromatic heterocycles. The first-order valence-corrected chi connectivity index (χ1v) is 10.4. The van der Waals surface area contributed by atoms with Gasteiger partial charge in [-0.1, -0.05) is 12.8 Å². The summed E-state index contributed by atoms with van der Waals surface area (Å²) in [7, 11) is 0. The Bertz CT molecular complexity index is 440. The average molecular weight is 352 g/mol. The highest BCUT2D eigenvalue weighted by Gasteiger charge is 2.42. The minimum atomic E-state index is 0.365. The maximum absolute atomic E-state index is 5.68. The Morgan fingerprint density at radius 3 is 2.72 bits per heavy atom. The molecule has 1 atom stereocenters. The van der Waals surface area contributed by atoms with E-state index in [-0.39, 0.29) is 0 Å². The Labute approximate surface area is 153 Å². The molecule has 5 nitrogen and oxygen atoms in total. The minimum absolute atomic E-state index is 0.365. The summed E-state index contributed by atoms with van der Waals surface area (Å²) in [6.07, 6.45) is 8.92. The quantitative estimate of drug-likeness (QED) is 0.435. The van der Waals surface area contributed by atoms with Crippen molar-refractivity contribution in [3.8, 4) is 0 Å². The van der Waals surface area contributed by atoms with Crippen molar-refractivity contribution < 1.29 is 9.47 Å². The van der Waals surface area contributed by atoms with Crippen molar-refractivity contribution >= 4 is 5.96 Å². The van der Waals surface area contributed by atoms with Gasteiger partial charge in [-0.25, -0.2) is 0 Å². The second-order valence-electron chi connectivity index (χ2n) is 8.30. The van der Waals surface area contributed by atoms with Crippen LogP contribution in [0.25, 0.3) is 0 Å². The number of guanidine groups is 1.